The van der Waals surface area contributed by atoms with Crippen LogP contribution in [-0.2, 0) is 16.6 Å². The Labute approximate surface area is 176 Å². The van der Waals surface area contributed by atoms with Crippen molar-refractivity contribution in [3.63, 3.8) is 0 Å². The van der Waals surface area contributed by atoms with Crippen LogP contribution in [0.3, 0.4) is 0 Å². The summed E-state index contributed by atoms with van der Waals surface area (Å²) in [5.41, 5.74) is 1.10. The van der Waals surface area contributed by atoms with Crippen molar-refractivity contribution in [2.45, 2.75) is 11.4 Å². The summed E-state index contributed by atoms with van der Waals surface area (Å²) in [6.45, 7) is 0.638. The number of rotatable bonds is 6. The van der Waals surface area contributed by atoms with Crippen LogP contribution in [0.25, 0.3) is 10.2 Å². The molecule has 0 spiro atoms. The van der Waals surface area contributed by atoms with E-state index >= 15 is 0 Å². The van der Waals surface area contributed by atoms with Crippen molar-refractivity contribution in [1.29, 1.82) is 0 Å². The molecule has 0 bridgehead atoms. The average Bonchev–Trinajstić information content (AvgIpc) is 3.02. The highest BCUT2D eigenvalue weighted by Gasteiger charge is 2.17. The quantitative estimate of drug-likeness (QED) is 0.575. The maximum Gasteiger partial charge on any atom is 0.279 e. The zero-order valence-corrected chi connectivity index (χ0v) is 18.6. The first-order chi connectivity index (χ1) is 13.7. The van der Waals surface area contributed by atoms with Crippen LogP contribution in [0.4, 0.5) is 4.39 Å². The highest BCUT2D eigenvalue weighted by atomic mass is 32.2. The van der Waals surface area contributed by atoms with Gasteiger partial charge in [0.1, 0.15) is 5.82 Å². The molecule has 154 valence electrons. The zero-order chi connectivity index (χ0) is 21.2. The van der Waals surface area contributed by atoms with E-state index in [0.29, 0.717) is 16.0 Å². The first kappa shape index (κ1) is 21.7. The fraction of sp³-hybridized carbons (Fsp3) is 0.263. The van der Waals surface area contributed by atoms with Gasteiger partial charge in [0.15, 0.2) is 4.80 Å². The summed E-state index contributed by atoms with van der Waals surface area (Å²) < 4.78 is 41.6. The lowest BCUT2D eigenvalue weighted by atomic mass is 10.2. The highest BCUT2D eigenvalue weighted by Crippen LogP contribution is 2.19. The number of nitrogens with zero attached hydrogens (tertiary/aromatic N) is 3. The Hall–Kier alpha value is -2.01. The molecule has 0 aliphatic carbocycles. The second-order valence-corrected chi connectivity index (χ2v) is 10.5. The first-order valence-corrected chi connectivity index (χ1v) is 12.3. The number of aryl methyl sites for hydroxylation is 1. The van der Waals surface area contributed by atoms with Gasteiger partial charge in [-0.15, -0.1) is 0 Å². The summed E-state index contributed by atoms with van der Waals surface area (Å²) in [6.07, 6.45) is 1.99. The SMILES string of the molecule is CSCCn1c(=NC(=O)c2ccc(S(=O)(=O)N(C)C)cc2)sc2cc(F)ccc21. The summed E-state index contributed by atoms with van der Waals surface area (Å²) >= 11 is 2.91. The van der Waals surface area contributed by atoms with Crippen LogP contribution >= 0.6 is 23.1 Å². The summed E-state index contributed by atoms with van der Waals surface area (Å²) in [6, 6.07) is 10.2. The van der Waals surface area contributed by atoms with Gasteiger partial charge < -0.3 is 4.57 Å². The Kier molecular flexibility index (Phi) is 6.57. The Morgan fingerprint density at radius 2 is 1.90 bits per heavy atom. The van der Waals surface area contributed by atoms with Crippen LogP contribution in [0.15, 0.2) is 52.4 Å². The number of halogens is 1. The minimum Gasteiger partial charge on any atom is -0.316 e. The van der Waals surface area contributed by atoms with Gasteiger partial charge in [-0.3, -0.25) is 4.79 Å². The van der Waals surface area contributed by atoms with Gasteiger partial charge in [-0.05, 0) is 48.7 Å². The molecular formula is C19H20FN3O3S3. The van der Waals surface area contributed by atoms with Gasteiger partial charge in [-0.2, -0.15) is 16.8 Å². The van der Waals surface area contributed by atoms with Gasteiger partial charge in [0.2, 0.25) is 10.0 Å². The Morgan fingerprint density at radius 3 is 2.52 bits per heavy atom. The molecule has 3 rings (SSSR count). The minimum atomic E-state index is -3.57. The first-order valence-electron chi connectivity index (χ1n) is 8.63. The number of thiazole rings is 1. The number of hydrogen-bond donors (Lipinski definition) is 0. The van der Waals surface area contributed by atoms with Crippen molar-refractivity contribution in [2.75, 3.05) is 26.1 Å². The van der Waals surface area contributed by atoms with E-state index in [9.17, 15) is 17.6 Å². The smallest absolute Gasteiger partial charge is 0.279 e. The van der Waals surface area contributed by atoms with Gasteiger partial charge in [-0.1, -0.05) is 11.3 Å². The third kappa shape index (κ3) is 4.61. The van der Waals surface area contributed by atoms with Crippen molar-refractivity contribution in [3.8, 4) is 0 Å². The molecule has 0 saturated heterocycles. The minimum absolute atomic E-state index is 0.103. The number of carbonyl (C=O) groups excluding carboxylic acids is 1. The molecule has 0 aliphatic rings. The van der Waals surface area contributed by atoms with Crippen molar-refractivity contribution in [2.24, 2.45) is 4.99 Å². The molecule has 29 heavy (non-hydrogen) atoms. The lowest BCUT2D eigenvalue weighted by molar-refractivity contribution is 0.0997. The second-order valence-electron chi connectivity index (χ2n) is 6.37. The third-order valence-corrected chi connectivity index (χ3v) is 7.70. The Balaban J connectivity index is 2.01. The molecule has 10 heteroatoms. The molecule has 0 fully saturated rings. The summed E-state index contributed by atoms with van der Waals surface area (Å²) in [4.78, 5) is 17.5. The topological polar surface area (TPSA) is 71.7 Å². The molecule has 1 aromatic heterocycles. The van der Waals surface area contributed by atoms with Crippen LogP contribution in [-0.4, -0.2) is 49.3 Å². The Bertz CT molecular complexity index is 1210. The normalized spacial score (nSPS) is 12.8. The fourth-order valence-electron chi connectivity index (χ4n) is 2.66. The number of amides is 1. The molecule has 6 nitrogen and oxygen atoms in total. The Morgan fingerprint density at radius 1 is 1.21 bits per heavy atom. The van der Waals surface area contributed by atoms with Gasteiger partial charge in [-0.25, -0.2) is 17.1 Å². The predicted molar refractivity (Wildman–Crippen MR) is 115 cm³/mol. The van der Waals surface area contributed by atoms with E-state index in [0.717, 1.165) is 15.6 Å². The van der Waals surface area contributed by atoms with E-state index in [1.807, 2.05) is 10.8 Å². The standard InChI is InChI=1S/C19H20FN3O3S3/c1-22(2)29(25,26)15-7-4-13(5-8-15)18(24)21-19-23(10-11-27-3)16-9-6-14(20)12-17(16)28-19/h4-9,12H,10-11H2,1-3H3. The van der Waals surface area contributed by atoms with Crippen LogP contribution in [0.2, 0.25) is 0 Å². The summed E-state index contributed by atoms with van der Waals surface area (Å²) in [5.74, 6) is -0.00290. The maximum atomic E-state index is 13.6. The van der Waals surface area contributed by atoms with Crippen molar-refractivity contribution < 1.29 is 17.6 Å². The molecule has 0 radical (unpaired) electrons. The molecule has 0 atom stereocenters. The predicted octanol–water partition coefficient (Wildman–Crippen LogP) is 3.20. The van der Waals surface area contributed by atoms with E-state index < -0.39 is 15.9 Å². The van der Waals surface area contributed by atoms with E-state index in [1.165, 1.54) is 61.8 Å². The number of carbonyl (C=O) groups is 1. The molecule has 0 aliphatic heterocycles. The van der Waals surface area contributed by atoms with Crippen LogP contribution in [0.5, 0.6) is 0 Å². The average molecular weight is 454 g/mol. The lowest BCUT2D eigenvalue weighted by Crippen LogP contribution is -2.22. The highest BCUT2D eigenvalue weighted by molar-refractivity contribution is 7.98. The van der Waals surface area contributed by atoms with E-state index in [-0.39, 0.29) is 16.3 Å². The molecule has 2 aromatic carbocycles. The zero-order valence-electron chi connectivity index (χ0n) is 16.1. The maximum absolute atomic E-state index is 13.6. The van der Waals surface area contributed by atoms with E-state index in [1.54, 1.807) is 17.8 Å². The number of thioether (sulfide) groups is 1. The van der Waals surface area contributed by atoms with Gasteiger partial charge in [0.05, 0.1) is 15.1 Å². The van der Waals surface area contributed by atoms with Crippen molar-refractivity contribution in [3.05, 3.63) is 58.6 Å². The van der Waals surface area contributed by atoms with Gasteiger partial charge >= 0.3 is 0 Å². The second kappa shape index (κ2) is 8.78. The van der Waals surface area contributed by atoms with E-state index in [4.69, 9.17) is 0 Å². The third-order valence-electron chi connectivity index (χ3n) is 4.24. The van der Waals surface area contributed by atoms with Crippen molar-refractivity contribution >= 4 is 49.2 Å². The molecule has 1 amide bonds. The number of fused-ring (bicyclic) bond motifs is 1. The van der Waals surface area contributed by atoms with Crippen molar-refractivity contribution in [1.82, 2.24) is 8.87 Å². The monoisotopic (exact) mass is 453 g/mol. The molecule has 0 unspecified atom stereocenters. The number of benzene rings is 2. The van der Waals surface area contributed by atoms with Gasteiger partial charge in [0.25, 0.3) is 5.91 Å². The van der Waals surface area contributed by atoms with Crippen LogP contribution in [0.1, 0.15) is 10.4 Å². The van der Waals surface area contributed by atoms with Gasteiger partial charge in [0, 0.05) is 32.0 Å². The number of hydrogen-bond acceptors (Lipinski definition) is 5. The lowest BCUT2D eigenvalue weighted by Gasteiger charge is -2.11. The number of aromatic nitrogens is 1. The van der Waals surface area contributed by atoms with Crippen LogP contribution in [0, 0.1) is 5.82 Å². The fourth-order valence-corrected chi connectivity index (χ4v) is 5.01. The molecule has 3 aromatic rings. The summed E-state index contributed by atoms with van der Waals surface area (Å²) in [7, 11) is -0.674. The van der Waals surface area contributed by atoms with Crippen LogP contribution < -0.4 is 4.80 Å². The molecule has 1 heterocycles. The summed E-state index contributed by atoms with van der Waals surface area (Å²) in [5, 5.41) is 0. The largest absolute Gasteiger partial charge is 0.316 e. The van der Waals surface area contributed by atoms with E-state index in [2.05, 4.69) is 4.99 Å². The molecule has 0 saturated carbocycles. The molecular weight excluding hydrogens is 433 g/mol. The number of sulfonamides is 1. The molecule has 0 N–H and O–H groups in total.